The van der Waals surface area contributed by atoms with E-state index in [4.69, 9.17) is 16.7 Å². The molecular formula is C9H7ClO3. The highest BCUT2D eigenvalue weighted by atomic mass is 35.5. The highest BCUT2D eigenvalue weighted by Gasteiger charge is 2.05. The fourth-order valence-electron chi connectivity index (χ4n) is 0.966. The molecule has 0 aliphatic rings. The second-order valence-electron chi connectivity index (χ2n) is 2.54. The molecule has 1 aromatic carbocycles. The molecule has 0 atom stereocenters. The van der Waals surface area contributed by atoms with Crippen LogP contribution in [0.5, 0.6) is 0 Å². The zero-order valence-electron chi connectivity index (χ0n) is 6.66. The van der Waals surface area contributed by atoms with Crippen molar-refractivity contribution in [3.8, 4) is 0 Å². The molecule has 0 saturated carbocycles. The van der Waals surface area contributed by atoms with Crippen molar-refractivity contribution in [3.63, 3.8) is 0 Å². The summed E-state index contributed by atoms with van der Waals surface area (Å²) in [6.07, 6.45) is 0.488. The smallest absolute Gasteiger partial charge is 0.307 e. The van der Waals surface area contributed by atoms with Gasteiger partial charge >= 0.3 is 5.97 Å². The molecule has 0 aliphatic heterocycles. The summed E-state index contributed by atoms with van der Waals surface area (Å²) in [7, 11) is 0. The number of aldehydes is 1. The SMILES string of the molecule is O=Cc1ccc(Cl)c(CC(=O)O)c1. The van der Waals surface area contributed by atoms with E-state index in [2.05, 4.69) is 0 Å². The quantitative estimate of drug-likeness (QED) is 0.754. The van der Waals surface area contributed by atoms with Crippen molar-refractivity contribution in [2.45, 2.75) is 6.42 Å². The van der Waals surface area contributed by atoms with Crippen LogP contribution in [0.2, 0.25) is 5.02 Å². The number of carboxylic acid groups (broad SMARTS) is 1. The molecule has 0 saturated heterocycles. The van der Waals surface area contributed by atoms with Crippen molar-refractivity contribution < 1.29 is 14.7 Å². The highest BCUT2D eigenvalue weighted by Crippen LogP contribution is 2.17. The second-order valence-corrected chi connectivity index (χ2v) is 2.95. The van der Waals surface area contributed by atoms with Crippen LogP contribution in [0.25, 0.3) is 0 Å². The largest absolute Gasteiger partial charge is 0.481 e. The molecule has 0 fully saturated rings. The molecule has 0 heterocycles. The Labute approximate surface area is 79.9 Å². The van der Waals surface area contributed by atoms with Gasteiger partial charge < -0.3 is 5.11 Å². The molecule has 0 amide bonds. The number of carbonyl (C=O) groups is 2. The van der Waals surface area contributed by atoms with Crippen molar-refractivity contribution >= 4 is 23.9 Å². The lowest BCUT2D eigenvalue weighted by Gasteiger charge is -2.00. The van der Waals surface area contributed by atoms with Crippen LogP contribution in [0, 0.1) is 0 Å². The Hall–Kier alpha value is -1.35. The third-order valence-corrected chi connectivity index (χ3v) is 1.92. The monoisotopic (exact) mass is 198 g/mol. The first-order valence-electron chi connectivity index (χ1n) is 3.59. The molecule has 1 rings (SSSR count). The fourth-order valence-corrected chi connectivity index (χ4v) is 1.15. The summed E-state index contributed by atoms with van der Waals surface area (Å²) in [5.74, 6) is -0.968. The van der Waals surface area contributed by atoms with Crippen LogP contribution in [0.4, 0.5) is 0 Å². The maximum absolute atomic E-state index is 10.4. The molecule has 13 heavy (non-hydrogen) atoms. The van der Waals surface area contributed by atoms with Gasteiger partial charge in [-0.3, -0.25) is 9.59 Å². The Morgan fingerprint density at radius 2 is 2.23 bits per heavy atom. The average molecular weight is 199 g/mol. The molecule has 0 radical (unpaired) electrons. The van der Waals surface area contributed by atoms with Crippen LogP contribution in [-0.2, 0) is 11.2 Å². The van der Waals surface area contributed by atoms with Crippen LogP contribution >= 0.6 is 11.6 Å². The first-order valence-corrected chi connectivity index (χ1v) is 3.96. The minimum Gasteiger partial charge on any atom is -0.481 e. The number of carbonyl (C=O) groups excluding carboxylic acids is 1. The van der Waals surface area contributed by atoms with Gasteiger partial charge in [-0.2, -0.15) is 0 Å². The van der Waals surface area contributed by atoms with Gasteiger partial charge in [-0.15, -0.1) is 0 Å². The third-order valence-electron chi connectivity index (χ3n) is 1.55. The summed E-state index contributed by atoms with van der Waals surface area (Å²) in [6.45, 7) is 0. The number of aliphatic carboxylic acids is 1. The van der Waals surface area contributed by atoms with E-state index < -0.39 is 5.97 Å². The third kappa shape index (κ3) is 2.56. The summed E-state index contributed by atoms with van der Waals surface area (Å²) < 4.78 is 0. The molecule has 1 aromatic rings. The molecule has 0 bridgehead atoms. The second kappa shape index (κ2) is 4.05. The van der Waals surface area contributed by atoms with Crippen LogP contribution in [0.3, 0.4) is 0 Å². The Morgan fingerprint density at radius 3 is 2.77 bits per heavy atom. The van der Waals surface area contributed by atoms with Crippen molar-refractivity contribution in [2.24, 2.45) is 0 Å². The molecule has 68 valence electrons. The maximum atomic E-state index is 10.4. The van der Waals surface area contributed by atoms with Gasteiger partial charge in [0.05, 0.1) is 6.42 Å². The van der Waals surface area contributed by atoms with E-state index in [1.165, 1.54) is 12.1 Å². The summed E-state index contributed by atoms with van der Waals surface area (Å²) in [5, 5.41) is 8.88. The summed E-state index contributed by atoms with van der Waals surface area (Å²) in [4.78, 5) is 20.7. The first-order chi connectivity index (χ1) is 6.13. The van der Waals surface area contributed by atoms with Crippen molar-refractivity contribution in [1.29, 1.82) is 0 Å². The Balaban J connectivity index is 3.03. The van der Waals surface area contributed by atoms with E-state index in [0.29, 0.717) is 22.4 Å². The molecule has 0 spiro atoms. The molecule has 0 unspecified atom stereocenters. The van der Waals surface area contributed by atoms with Gasteiger partial charge in [0.1, 0.15) is 6.29 Å². The molecule has 0 aromatic heterocycles. The first kappa shape index (κ1) is 9.74. The lowest BCUT2D eigenvalue weighted by molar-refractivity contribution is -0.136. The van der Waals surface area contributed by atoms with E-state index in [-0.39, 0.29) is 6.42 Å². The van der Waals surface area contributed by atoms with Gasteiger partial charge in [-0.25, -0.2) is 0 Å². The van der Waals surface area contributed by atoms with Gasteiger partial charge in [-0.1, -0.05) is 17.7 Å². The average Bonchev–Trinajstić information content (AvgIpc) is 2.08. The topological polar surface area (TPSA) is 54.4 Å². The zero-order chi connectivity index (χ0) is 9.84. The number of rotatable bonds is 3. The van der Waals surface area contributed by atoms with Gasteiger partial charge in [0.2, 0.25) is 0 Å². The molecular weight excluding hydrogens is 192 g/mol. The van der Waals surface area contributed by atoms with Gasteiger partial charge in [-0.05, 0) is 17.7 Å². The lowest BCUT2D eigenvalue weighted by Crippen LogP contribution is -2.01. The van der Waals surface area contributed by atoms with Crippen LogP contribution in [0.1, 0.15) is 15.9 Å². The molecule has 0 aliphatic carbocycles. The van der Waals surface area contributed by atoms with Gasteiger partial charge in [0.25, 0.3) is 0 Å². The summed E-state index contributed by atoms with van der Waals surface area (Å²) >= 11 is 5.72. The number of benzene rings is 1. The number of hydrogen-bond acceptors (Lipinski definition) is 2. The number of hydrogen-bond donors (Lipinski definition) is 1. The maximum Gasteiger partial charge on any atom is 0.307 e. The van der Waals surface area contributed by atoms with Crippen molar-refractivity contribution in [3.05, 3.63) is 34.3 Å². The Kier molecular flexibility index (Phi) is 3.03. The van der Waals surface area contributed by atoms with E-state index >= 15 is 0 Å². The number of halogens is 1. The molecule has 3 nitrogen and oxygen atoms in total. The predicted molar refractivity (Wildman–Crippen MR) is 48.2 cm³/mol. The zero-order valence-corrected chi connectivity index (χ0v) is 7.41. The standard InChI is InChI=1S/C9H7ClO3/c10-8-2-1-6(5-11)3-7(8)4-9(12)13/h1-3,5H,4H2,(H,12,13). The molecule has 1 N–H and O–H groups in total. The van der Waals surface area contributed by atoms with Crippen LogP contribution in [-0.4, -0.2) is 17.4 Å². The van der Waals surface area contributed by atoms with Crippen LogP contribution < -0.4 is 0 Å². The van der Waals surface area contributed by atoms with Gasteiger partial charge in [0, 0.05) is 10.6 Å². The van der Waals surface area contributed by atoms with E-state index in [0.717, 1.165) is 0 Å². The predicted octanol–water partition coefficient (Wildman–Crippen LogP) is 1.78. The minimum atomic E-state index is -0.968. The fraction of sp³-hybridized carbons (Fsp3) is 0.111. The van der Waals surface area contributed by atoms with Gasteiger partial charge in [0.15, 0.2) is 0 Å². The summed E-state index contributed by atoms with van der Waals surface area (Å²) in [5.41, 5.74) is 0.888. The van der Waals surface area contributed by atoms with E-state index in [1.807, 2.05) is 0 Å². The highest BCUT2D eigenvalue weighted by molar-refractivity contribution is 6.31. The Bertz CT molecular complexity index is 347. The van der Waals surface area contributed by atoms with E-state index in [1.54, 1.807) is 6.07 Å². The molecule has 4 heteroatoms. The number of carboxylic acids is 1. The van der Waals surface area contributed by atoms with Crippen molar-refractivity contribution in [1.82, 2.24) is 0 Å². The lowest BCUT2D eigenvalue weighted by atomic mass is 10.1. The normalized spacial score (nSPS) is 9.62. The van der Waals surface area contributed by atoms with E-state index in [9.17, 15) is 9.59 Å². The van der Waals surface area contributed by atoms with Crippen LogP contribution in [0.15, 0.2) is 18.2 Å². The summed E-state index contributed by atoms with van der Waals surface area (Å²) in [6, 6.07) is 4.54. The van der Waals surface area contributed by atoms with Crippen molar-refractivity contribution in [2.75, 3.05) is 0 Å². The Morgan fingerprint density at radius 1 is 1.54 bits per heavy atom. The minimum absolute atomic E-state index is 0.166.